The third-order valence-corrected chi connectivity index (χ3v) is 11.8. The molecule has 2 aliphatic rings. The van der Waals surface area contributed by atoms with Crippen LogP contribution in [-0.4, -0.2) is 86.5 Å². The topological polar surface area (TPSA) is 110 Å². The molecule has 0 radical (unpaired) electrons. The molecule has 0 aliphatic carbocycles. The van der Waals surface area contributed by atoms with E-state index in [9.17, 15) is 9.59 Å². The Morgan fingerprint density at radius 3 is 2.66 bits per heavy atom. The fraction of sp³-hybridized carbons (Fsp3) is 0.571. The Morgan fingerprint density at radius 1 is 1.09 bits per heavy atom. The standard InChI is InChI=1S/C35H50N8O3Si/c1-24-8-11-31(25-9-10-29-26(16-25)22-42(39-29)28-12-13-40(4)35(2,3)17-28)41(21-24)34(45)33(44)38-30-20-36-18-27-19-37-43(32(27)30)23-46-14-15-47(5,6)7/h9-10,16,18-20,22,24,28,31H,8,11-15,17,21,23H2,1-7H3,(H,38,44)/t24-,28-,31+/m0/s1. The number of nitrogens with zero attached hydrogens (tertiary/aromatic N) is 7. The van der Waals surface area contributed by atoms with Gasteiger partial charge in [-0.25, -0.2) is 4.68 Å². The van der Waals surface area contributed by atoms with Crippen molar-refractivity contribution in [2.24, 2.45) is 5.92 Å². The smallest absolute Gasteiger partial charge is 0.314 e. The van der Waals surface area contributed by atoms with Crippen molar-refractivity contribution in [2.45, 2.75) is 96.5 Å². The van der Waals surface area contributed by atoms with E-state index in [2.05, 4.69) is 96.8 Å². The summed E-state index contributed by atoms with van der Waals surface area (Å²) in [7, 11) is 0.967. The number of fused-ring (bicyclic) bond motifs is 2. The maximum atomic E-state index is 13.9. The van der Waals surface area contributed by atoms with Crippen LogP contribution in [0, 0.1) is 5.92 Å². The zero-order chi connectivity index (χ0) is 33.5. The van der Waals surface area contributed by atoms with Gasteiger partial charge in [-0.15, -0.1) is 0 Å². The first-order valence-electron chi connectivity index (χ1n) is 17.0. The molecule has 6 rings (SSSR count). The molecule has 2 saturated heterocycles. The van der Waals surface area contributed by atoms with E-state index in [1.54, 1.807) is 28.2 Å². The van der Waals surface area contributed by atoms with Crippen LogP contribution in [0.25, 0.3) is 21.8 Å². The fourth-order valence-corrected chi connectivity index (χ4v) is 7.71. The molecule has 4 aromatic rings. The second-order valence-corrected chi connectivity index (χ2v) is 21.2. The number of hydrogen-bond donors (Lipinski definition) is 1. The molecule has 3 atom stereocenters. The second kappa shape index (κ2) is 13.1. The van der Waals surface area contributed by atoms with Gasteiger partial charge >= 0.3 is 11.8 Å². The number of ether oxygens (including phenoxy) is 1. The summed E-state index contributed by atoms with van der Waals surface area (Å²) in [6.45, 7) is 16.1. The van der Waals surface area contributed by atoms with Gasteiger partial charge in [0.1, 0.15) is 6.73 Å². The third-order valence-electron chi connectivity index (χ3n) is 10.1. The van der Waals surface area contributed by atoms with Crippen LogP contribution in [0.1, 0.15) is 64.1 Å². The average Bonchev–Trinajstić information content (AvgIpc) is 3.64. The maximum Gasteiger partial charge on any atom is 0.314 e. The normalized spacial score (nSPS) is 22.2. The molecule has 12 heteroatoms. The van der Waals surface area contributed by atoms with E-state index in [-0.39, 0.29) is 18.3 Å². The summed E-state index contributed by atoms with van der Waals surface area (Å²) in [6, 6.07) is 7.49. The van der Waals surface area contributed by atoms with Gasteiger partial charge in [0.2, 0.25) is 0 Å². The van der Waals surface area contributed by atoms with E-state index < -0.39 is 19.9 Å². The monoisotopic (exact) mass is 658 g/mol. The van der Waals surface area contributed by atoms with Gasteiger partial charge in [-0.3, -0.25) is 19.3 Å². The van der Waals surface area contributed by atoms with Gasteiger partial charge in [0.05, 0.1) is 41.2 Å². The largest absolute Gasteiger partial charge is 0.360 e. The molecule has 1 N–H and O–H groups in total. The number of hydrogen-bond acceptors (Lipinski definition) is 7. The van der Waals surface area contributed by atoms with Gasteiger partial charge in [0.15, 0.2) is 0 Å². The number of nitrogens with one attached hydrogen (secondary N) is 1. The summed E-state index contributed by atoms with van der Waals surface area (Å²) >= 11 is 0. The van der Waals surface area contributed by atoms with Crippen molar-refractivity contribution >= 4 is 47.4 Å². The minimum absolute atomic E-state index is 0.120. The highest BCUT2D eigenvalue weighted by Crippen LogP contribution is 2.37. The number of rotatable bonds is 8. The maximum absolute atomic E-state index is 13.9. The Hall–Kier alpha value is -3.61. The molecule has 1 aromatic carbocycles. The molecule has 2 fully saturated rings. The lowest BCUT2D eigenvalue weighted by Crippen LogP contribution is -2.47. The Morgan fingerprint density at radius 2 is 1.89 bits per heavy atom. The summed E-state index contributed by atoms with van der Waals surface area (Å²) in [6.07, 6.45) is 11.0. The summed E-state index contributed by atoms with van der Waals surface area (Å²) < 4.78 is 9.79. The zero-order valence-corrected chi connectivity index (χ0v) is 30.0. The predicted octanol–water partition coefficient (Wildman–Crippen LogP) is 6.08. The summed E-state index contributed by atoms with van der Waals surface area (Å²) in [5.41, 5.74) is 3.24. The molecule has 0 spiro atoms. The highest BCUT2D eigenvalue weighted by molar-refractivity contribution is 6.76. The summed E-state index contributed by atoms with van der Waals surface area (Å²) in [4.78, 5) is 36.0. The van der Waals surface area contributed by atoms with Crippen molar-refractivity contribution in [3.05, 3.63) is 48.5 Å². The predicted molar refractivity (Wildman–Crippen MR) is 188 cm³/mol. The van der Waals surface area contributed by atoms with Crippen LogP contribution in [0.3, 0.4) is 0 Å². The Labute approximate surface area is 278 Å². The van der Waals surface area contributed by atoms with Crippen molar-refractivity contribution in [1.82, 2.24) is 34.3 Å². The molecular weight excluding hydrogens is 609 g/mol. The molecule has 0 saturated carbocycles. The molecular formula is C35H50N8O3Si. The van der Waals surface area contributed by atoms with Crippen LogP contribution >= 0.6 is 0 Å². The molecule has 5 heterocycles. The SMILES string of the molecule is C[C@H]1CC[C@H](c2ccc3nn([C@H]4CCN(C)C(C)(C)C4)cc3c2)N(C(=O)C(=O)Nc2cncc3cnn(COCC[Si](C)(C)C)c23)C1. The lowest BCUT2D eigenvalue weighted by atomic mass is 9.87. The van der Waals surface area contributed by atoms with Gasteiger partial charge in [-0.1, -0.05) is 32.6 Å². The first kappa shape index (κ1) is 33.3. The lowest BCUT2D eigenvalue weighted by molar-refractivity contribution is -0.146. The van der Waals surface area contributed by atoms with Crippen molar-refractivity contribution in [2.75, 3.05) is 32.1 Å². The number of carbonyl (C=O) groups excluding carboxylic acids is 2. The van der Waals surface area contributed by atoms with Crippen molar-refractivity contribution in [3.63, 3.8) is 0 Å². The van der Waals surface area contributed by atoms with E-state index in [1.165, 1.54) is 0 Å². The molecule has 0 bridgehead atoms. The first-order valence-corrected chi connectivity index (χ1v) is 20.7. The van der Waals surface area contributed by atoms with E-state index >= 15 is 0 Å². The Balaban J connectivity index is 1.19. The number of anilines is 1. The van der Waals surface area contributed by atoms with E-state index in [1.807, 2.05) is 0 Å². The van der Waals surface area contributed by atoms with Crippen molar-refractivity contribution in [3.8, 4) is 0 Å². The summed E-state index contributed by atoms with van der Waals surface area (Å²) in [5, 5.41) is 14.1. The number of amides is 2. The molecule has 0 unspecified atom stereocenters. The highest BCUT2D eigenvalue weighted by Gasteiger charge is 2.36. The fourth-order valence-electron chi connectivity index (χ4n) is 6.95. The minimum Gasteiger partial charge on any atom is -0.360 e. The Kier molecular flexibility index (Phi) is 9.29. The van der Waals surface area contributed by atoms with Crippen LogP contribution < -0.4 is 5.32 Å². The third kappa shape index (κ3) is 7.29. The molecule has 11 nitrogen and oxygen atoms in total. The van der Waals surface area contributed by atoms with Crippen LogP contribution in [-0.2, 0) is 21.1 Å². The molecule has 3 aromatic heterocycles. The van der Waals surface area contributed by atoms with E-state index in [0.717, 1.165) is 60.1 Å². The van der Waals surface area contributed by atoms with Gasteiger partial charge < -0.3 is 19.9 Å². The highest BCUT2D eigenvalue weighted by atomic mass is 28.3. The van der Waals surface area contributed by atoms with Crippen LogP contribution in [0.4, 0.5) is 5.69 Å². The number of pyridine rings is 1. The lowest BCUT2D eigenvalue weighted by Gasteiger charge is -2.43. The van der Waals surface area contributed by atoms with Crippen LogP contribution in [0.15, 0.2) is 43.0 Å². The Bertz CT molecular complexity index is 1760. The van der Waals surface area contributed by atoms with Gasteiger partial charge in [0, 0.05) is 56.5 Å². The summed E-state index contributed by atoms with van der Waals surface area (Å²) in [5.74, 6) is -0.924. The number of piperidine rings is 2. The average molecular weight is 659 g/mol. The number of benzene rings is 1. The number of aromatic nitrogens is 5. The molecule has 2 amide bonds. The molecule has 252 valence electrons. The minimum atomic E-state index is -1.23. The van der Waals surface area contributed by atoms with E-state index in [0.29, 0.717) is 36.3 Å². The van der Waals surface area contributed by atoms with Gasteiger partial charge in [-0.2, -0.15) is 10.2 Å². The van der Waals surface area contributed by atoms with Crippen LogP contribution in [0.2, 0.25) is 25.7 Å². The number of likely N-dealkylation sites (tertiary alicyclic amines) is 2. The number of carbonyl (C=O) groups is 2. The van der Waals surface area contributed by atoms with E-state index in [4.69, 9.17) is 9.84 Å². The zero-order valence-electron chi connectivity index (χ0n) is 29.0. The van der Waals surface area contributed by atoms with Crippen molar-refractivity contribution in [1.29, 1.82) is 0 Å². The second-order valence-electron chi connectivity index (χ2n) is 15.5. The van der Waals surface area contributed by atoms with Gasteiger partial charge in [-0.05, 0) is 76.2 Å². The van der Waals surface area contributed by atoms with Crippen LogP contribution in [0.5, 0.6) is 0 Å². The van der Waals surface area contributed by atoms with Gasteiger partial charge in [0.25, 0.3) is 0 Å². The molecule has 47 heavy (non-hydrogen) atoms. The quantitative estimate of drug-likeness (QED) is 0.139. The first-order chi connectivity index (χ1) is 22.3. The molecule has 2 aliphatic heterocycles. The van der Waals surface area contributed by atoms with Crippen molar-refractivity contribution < 1.29 is 14.3 Å².